The summed E-state index contributed by atoms with van der Waals surface area (Å²) in [6, 6.07) is 40.6. The van der Waals surface area contributed by atoms with Gasteiger partial charge in [-0.3, -0.25) is 0 Å². The van der Waals surface area contributed by atoms with Crippen LogP contribution in [0.15, 0.2) is 115 Å². The van der Waals surface area contributed by atoms with E-state index in [1.165, 1.54) is 18.8 Å². The van der Waals surface area contributed by atoms with Crippen molar-refractivity contribution in [1.82, 2.24) is 0 Å². The van der Waals surface area contributed by atoms with Crippen LogP contribution in [0.25, 0.3) is 0 Å². The molecule has 0 saturated carbocycles. The molecule has 0 spiro atoms. The second-order valence-electron chi connectivity index (χ2n) is 6.69. The molecule has 0 N–H and O–H groups in total. The van der Waals surface area contributed by atoms with Crippen molar-refractivity contribution >= 4 is 26.8 Å². The third-order valence-electron chi connectivity index (χ3n) is 4.83. The summed E-state index contributed by atoms with van der Waals surface area (Å²) in [6.07, 6.45) is 0. The Hall–Kier alpha value is -2.78. The van der Waals surface area contributed by atoms with Crippen LogP contribution in [0.3, 0.4) is 0 Å². The molecule has 0 atom stereocenters. The van der Waals surface area contributed by atoms with Gasteiger partial charge in [-0.1, -0.05) is 0 Å². The quantitative estimate of drug-likeness (QED) is 0.451. The van der Waals surface area contributed by atoms with Crippen LogP contribution in [-0.2, 0) is 0 Å². The number of hydrogen-bond acceptors (Lipinski definition) is 1. The first kappa shape index (κ1) is 17.6. The Balaban J connectivity index is 1.98. The Kier molecular flexibility index (Phi) is 5.13. The third kappa shape index (κ3) is 3.56. The normalized spacial score (nSPS) is 11.1. The average molecular weight is 411 g/mol. The minimum atomic E-state index is -3.37. The zero-order valence-electron chi connectivity index (χ0n) is 15.4. The zero-order chi connectivity index (χ0) is 18.5. The summed E-state index contributed by atoms with van der Waals surface area (Å²) in [4.78, 5) is 0. The Morgan fingerprint density at radius 1 is 0.481 bits per heavy atom. The average Bonchev–Trinajstić information content (AvgIpc) is 2.75. The van der Waals surface area contributed by atoms with Crippen molar-refractivity contribution in [2.75, 3.05) is 0 Å². The maximum atomic E-state index is 7.00. The molecule has 0 amide bonds. The van der Waals surface area contributed by atoms with Crippen LogP contribution >= 0.6 is 0 Å². The van der Waals surface area contributed by atoms with E-state index in [-0.39, 0.29) is 0 Å². The molecule has 0 aliphatic heterocycles. The number of hydrogen-bond donors (Lipinski definition) is 0. The van der Waals surface area contributed by atoms with E-state index in [0.29, 0.717) is 0 Å². The molecule has 0 bridgehead atoms. The van der Waals surface area contributed by atoms with Crippen molar-refractivity contribution < 1.29 is 3.76 Å². The van der Waals surface area contributed by atoms with Gasteiger partial charge in [0.25, 0.3) is 0 Å². The first-order valence-corrected chi connectivity index (χ1v) is 13.2. The molecular weight excluding hydrogens is 389 g/mol. The van der Waals surface area contributed by atoms with Crippen LogP contribution in [0.2, 0.25) is 0 Å². The van der Waals surface area contributed by atoms with Crippen LogP contribution < -0.4 is 17.0 Å². The summed E-state index contributed by atoms with van der Waals surface area (Å²) in [5, 5.41) is 0. The van der Waals surface area contributed by atoms with E-state index in [4.69, 9.17) is 3.76 Å². The molecule has 0 aliphatic carbocycles. The summed E-state index contributed by atoms with van der Waals surface area (Å²) in [5.74, 6) is 0.928. The predicted molar refractivity (Wildman–Crippen MR) is 116 cm³/mol. The Bertz CT molecular complexity index is 884. The number of aryl methyl sites for hydroxylation is 1. The van der Waals surface area contributed by atoms with Gasteiger partial charge in [0.1, 0.15) is 0 Å². The van der Waals surface area contributed by atoms with Crippen molar-refractivity contribution in [2.45, 2.75) is 6.92 Å². The van der Waals surface area contributed by atoms with E-state index in [2.05, 4.69) is 122 Å². The van der Waals surface area contributed by atoms with Crippen LogP contribution in [-0.4, -0.2) is 13.6 Å². The van der Waals surface area contributed by atoms with Crippen molar-refractivity contribution in [3.63, 3.8) is 0 Å². The molecule has 0 fully saturated rings. The first-order valence-electron chi connectivity index (χ1n) is 9.21. The molecule has 0 unspecified atom stereocenters. The summed E-state index contributed by atoms with van der Waals surface area (Å²) in [5.41, 5.74) is 1.24. The van der Waals surface area contributed by atoms with Gasteiger partial charge >= 0.3 is 164 Å². The molecule has 1 nitrogen and oxygen atoms in total. The third-order valence-corrected chi connectivity index (χ3v) is 13.2. The first-order chi connectivity index (χ1) is 13.3. The van der Waals surface area contributed by atoms with Crippen molar-refractivity contribution in [3.8, 4) is 5.75 Å². The van der Waals surface area contributed by atoms with Gasteiger partial charge in [0.15, 0.2) is 0 Å². The molecule has 0 radical (unpaired) electrons. The molecule has 2 heteroatoms. The second kappa shape index (κ2) is 7.85. The van der Waals surface area contributed by atoms with Gasteiger partial charge in [0, 0.05) is 0 Å². The monoisotopic (exact) mass is 412 g/mol. The molecule has 0 aliphatic rings. The second-order valence-corrected chi connectivity index (χ2v) is 13.6. The molecule has 0 saturated heterocycles. The van der Waals surface area contributed by atoms with Gasteiger partial charge in [0.05, 0.1) is 0 Å². The minimum absolute atomic E-state index is 0.928. The summed E-state index contributed by atoms with van der Waals surface area (Å²) >= 11 is -3.37. The van der Waals surface area contributed by atoms with Gasteiger partial charge in [-0.2, -0.15) is 0 Å². The van der Waals surface area contributed by atoms with Crippen molar-refractivity contribution in [3.05, 3.63) is 121 Å². The molecule has 0 aromatic heterocycles. The van der Waals surface area contributed by atoms with E-state index in [1.54, 1.807) is 0 Å². The fraction of sp³-hybridized carbons (Fsp3) is 0.0400. The zero-order valence-corrected chi connectivity index (χ0v) is 17.5. The van der Waals surface area contributed by atoms with Gasteiger partial charge in [-0.05, 0) is 0 Å². The van der Waals surface area contributed by atoms with Crippen LogP contribution in [0, 0.1) is 6.92 Å². The molecule has 0 heterocycles. The Morgan fingerprint density at radius 3 is 1.22 bits per heavy atom. The molecule has 27 heavy (non-hydrogen) atoms. The fourth-order valence-corrected chi connectivity index (χ4v) is 11.5. The van der Waals surface area contributed by atoms with E-state index in [9.17, 15) is 0 Å². The Labute approximate surface area is 164 Å². The van der Waals surface area contributed by atoms with Crippen molar-refractivity contribution in [2.24, 2.45) is 0 Å². The van der Waals surface area contributed by atoms with Gasteiger partial charge in [0.2, 0.25) is 0 Å². The topological polar surface area (TPSA) is 9.23 Å². The van der Waals surface area contributed by atoms with Gasteiger partial charge in [-0.15, -0.1) is 0 Å². The van der Waals surface area contributed by atoms with Crippen LogP contribution in [0.5, 0.6) is 5.75 Å². The van der Waals surface area contributed by atoms with Crippen LogP contribution in [0.4, 0.5) is 0 Å². The van der Waals surface area contributed by atoms with Crippen LogP contribution in [0.1, 0.15) is 5.56 Å². The molecule has 4 aromatic carbocycles. The predicted octanol–water partition coefficient (Wildman–Crippen LogP) is 4.04. The fourth-order valence-electron chi connectivity index (χ4n) is 3.48. The van der Waals surface area contributed by atoms with Gasteiger partial charge < -0.3 is 0 Å². The summed E-state index contributed by atoms with van der Waals surface area (Å²) in [7, 11) is 0. The SMILES string of the molecule is Cc1ccc([O][Ge]([c]2ccccc2)([c]2ccccc2)[c]2ccccc2)cc1. The van der Waals surface area contributed by atoms with E-state index in [1.807, 2.05) is 0 Å². The maximum absolute atomic E-state index is 7.00. The van der Waals surface area contributed by atoms with E-state index in [0.717, 1.165) is 5.75 Å². The van der Waals surface area contributed by atoms with Crippen molar-refractivity contribution in [1.29, 1.82) is 0 Å². The van der Waals surface area contributed by atoms with E-state index < -0.39 is 13.6 Å². The van der Waals surface area contributed by atoms with Gasteiger partial charge in [-0.25, -0.2) is 0 Å². The summed E-state index contributed by atoms with van der Waals surface area (Å²) in [6.45, 7) is 2.10. The van der Waals surface area contributed by atoms with E-state index >= 15 is 0 Å². The molecular formula is C25H22GeO. The molecule has 4 aromatic rings. The molecule has 4 rings (SSSR count). The molecule has 132 valence electrons. The number of rotatable bonds is 5. The number of benzene rings is 4. The summed E-state index contributed by atoms with van der Waals surface area (Å²) < 4.78 is 10.9. The Morgan fingerprint density at radius 2 is 0.852 bits per heavy atom. The standard InChI is InChI=1S/C25H22GeO/c1-21-17-19-25(20-18-21)27-26(22-11-5-2-6-12-22,23-13-7-3-8-14-23)24-15-9-4-10-16-24/h2-20H,1H3.